The lowest BCUT2D eigenvalue weighted by Gasteiger charge is -2.60. The average molecular weight is 459 g/mol. The Bertz CT molecular complexity index is 743. The smallest absolute Gasteiger partial charge is 0.302 e. The second-order valence-corrected chi connectivity index (χ2v) is 13.6. The van der Waals surface area contributed by atoms with Crippen LogP contribution >= 0.6 is 0 Å². The fraction of sp³-hybridized carbons (Fsp3) is 0.933. The van der Waals surface area contributed by atoms with E-state index in [0.29, 0.717) is 23.5 Å². The minimum absolute atomic E-state index is 0.0611. The summed E-state index contributed by atoms with van der Waals surface area (Å²) >= 11 is 0. The summed E-state index contributed by atoms with van der Waals surface area (Å²) in [7, 11) is 0. The van der Waals surface area contributed by atoms with Gasteiger partial charge in [0.05, 0.1) is 0 Å². The third-order valence-corrected chi connectivity index (χ3v) is 11.6. The van der Waals surface area contributed by atoms with E-state index < -0.39 is 0 Å². The van der Waals surface area contributed by atoms with Gasteiger partial charge in [-0.25, -0.2) is 0 Å². The number of ether oxygens (including phenoxy) is 1. The highest BCUT2D eigenvalue weighted by Crippen LogP contribution is 2.67. The SMILES string of the molecule is CC(=O)OC1CCC2(C)C3C(=O)CC4(C)C(CCC4[C@H](C)CC[C@H](C)C(C)C)[C@H]3CC[C@H]2C1. The Morgan fingerprint density at radius 1 is 1.00 bits per heavy atom. The standard InChI is InChI=1S/C30H50O3/c1-18(2)19(3)8-9-20(4)25-12-13-26-24-11-10-22-16-23(33-21(5)31)14-15-29(22,6)28(24)27(32)17-30(25,26)7/h18-20,22-26,28H,8-17H2,1-7H3/t19-,20+,22-,23?,24+,25?,26?,28?,29?,30?/m0/s1. The van der Waals surface area contributed by atoms with Crippen LogP contribution in [0, 0.1) is 58.2 Å². The van der Waals surface area contributed by atoms with Crippen LogP contribution in [0.1, 0.15) is 113 Å². The molecule has 0 radical (unpaired) electrons. The summed E-state index contributed by atoms with van der Waals surface area (Å²) in [6.45, 7) is 16.0. The quantitative estimate of drug-likeness (QED) is 0.388. The van der Waals surface area contributed by atoms with Crippen LogP contribution in [-0.4, -0.2) is 17.9 Å². The zero-order valence-electron chi connectivity index (χ0n) is 22.5. The zero-order valence-corrected chi connectivity index (χ0v) is 22.5. The van der Waals surface area contributed by atoms with E-state index in [1.54, 1.807) is 0 Å². The van der Waals surface area contributed by atoms with Crippen LogP contribution in [0.4, 0.5) is 0 Å². The van der Waals surface area contributed by atoms with Gasteiger partial charge in [-0.3, -0.25) is 9.59 Å². The molecule has 3 heteroatoms. The molecule has 0 aromatic heterocycles. The molecule has 4 aliphatic carbocycles. The molecular formula is C30H50O3. The van der Waals surface area contributed by atoms with E-state index >= 15 is 0 Å². The predicted octanol–water partition coefficient (Wildman–Crippen LogP) is 7.46. The molecule has 0 N–H and O–H groups in total. The lowest BCUT2D eigenvalue weighted by Crippen LogP contribution is -2.58. The van der Waals surface area contributed by atoms with Crippen LogP contribution < -0.4 is 0 Å². The van der Waals surface area contributed by atoms with E-state index in [0.717, 1.165) is 49.4 Å². The van der Waals surface area contributed by atoms with Crippen molar-refractivity contribution in [3.63, 3.8) is 0 Å². The Labute approximate surface area is 203 Å². The second-order valence-electron chi connectivity index (χ2n) is 13.6. The highest BCUT2D eigenvalue weighted by Gasteiger charge is 2.63. The van der Waals surface area contributed by atoms with E-state index in [1.165, 1.54) is 45.4 Å². The van der Waals surface area contributed by atoms with Gasteiger partial charge in [-0.1, -0.05) is 54.4 Å². The van der Waals surface area contributed by atoms with Crippen molar-refractivity contribution < 1.29 is 14.3 Å². The van der Waals surface area contributed by atoms with E-state index in [-0.39, 0.29) is 28.8 Å². The van der Waals surface area contributed by atoms with Gasteiger partial charge in [0.2, 0.25) is 0 Å². The van der Waals surface area contributed by atoms with Crippen LogP contribution in [0.25, 0.3) is 0 Å². The topological polar surface area (TPSA) is 43.4 Å². The van der Waals surface area contributed by atoms with Crippen LogP contribution in [-0.2, 0) is 14.3 Å². The molecule has 0 heterocycles. The van der Waals surface area contributed by atoms with Gasteiger partial charge >= 0.3 is 5.97 Å². The Hall–Kier alpha value is -0.860. The fourth-order valence-corrected chi connectivity index (χ4v) is 9.41. The van der Waals surface area contributed by atoms with Crippen LogP contribution in [0.5, 0.6) is 0 Å². The van der Waals surface area contributed by atoms with Gasteiger partial charge in [0.15, 0.2) is 0 Å². The molecule has 4 aliphatic rings. The van der Waals surface area contributed by atoms with Crippen LogP contribution in [0.15, 0.2) is 0 Å². The first-order valence-electron chi connectivity index (χ1n) is 14.2. The molecule has 10 atom stereocenters. The number of Topliss-reactive ketones (excluding diaryl/α,β-unsaturated/α-hetero) is 1. The Kier molecular flexibility index (Phi) is 7.12. The molecule has 0 aliphatic heterocycles. The van der Waals surface area contributed by atoms with Crippen molar-refractivity contribution >= 4 is 11.8 Å². The van der Waals surface area contributed by atoms with Crippen molar-refractivity contribution in [1.29, 1.82) is 0 Å². The van der Waals surface area contributed by atoms with Crippen LogP contribution in [0.3, 0.4) is 0 Å². The number of hydrogen-bond acceptors (Lipinski definition) is 3. The van der Waals surface area contributed by atoms with Gasteiger partial charge in [0, 0.05) is 19.3 Å². The summed E-state index contributed by atoms with van der Waals surface area (Å²) < 4.78 is 5.60. The number of esters is 1. The molecule has 33 heavy (non-hydrogen) atoms. The summed E-state index contributed by atoms with van der Waals surface area (Å²) in [5.41, 5.74) is 0.311. The second kappa shape index (κ2) is 9.30. The predicted molar refractivity (Wildman–Crippen MR) is 134 cm³/mol. The maximum Gasteiger partial charge on any atom is 0.302 e. The van der Waals surface area contributed by atoms with E-state index in [2.05, 4.69) is 41.5 Å². The molecule has 4 rings (SSSR count). The molecule has 4 fully saturated rings. The van der Waals surface area contributed by atoms with Crippen molar-refractivity contribution in [2.24, 2.45) is 58.2 Å². The van der Waals surface area contributed by atoms with Gasteiger partial charge in [0.25, 0.3) is 0 Å². The zero-order chi connectivity index (χ0) is 24.1. The Morgan fingerprint density at radius 3 is 2.39 bits per heavy atom. The van der Waals surface area contributed by atoms with Gasteiger partial charge < -0.3 is 4.74 Å². The third kappa shape index (κ3) is 4.44. The largest absolute Gasteiger partial charge is 0.463 e. The lowest BCUT2D eigenvalue weighted by molar-refractivity contribution is -0.169. The molecule has 0 amide bonds. The van der Waals surface area contributed by atoms with Gasteiger partial charge in [-0.05, 0) is 97.2 Å². The minimum atomic E-state index is -0.157. The molecule has 0 aromatic carbocycles. The summed E-state index contributed by atoms with van der Waals surface area (Å²) in [6, 6.07) is 0. The Balaban J connectivity index is 1.49. The molecule has 188 valence electrons. The number of ketones is 1. The summed E-state index contributed by atoms with van der Waals surface area (Å²) in [5.74, 6) is 5.45. The van der Waals surface area contributed by atoms with Crippen molar-refractivity contribution in [3.05, 3.63) is 0 Å². The van der Waals surface area contributed by atoms with Gasteiger partial charge in [-0.15, -0.1) is 0 Å². The summed E-state index contributed by atoms with van der Waals surface area (Å²) in [4.78, 5) is 25.5. The van der Waals surface area contributed by atoms with Crippen molar-refractivity contribution in [3.8, 4) is 0 Å². The lowest BCUT2D eigenvalue weighted by atomic mass is 9.44. The van der Waals surface area contributed by atoms with E-state index in [9.17, 15) is 9.59 Å². The van der Waals surface area contributed by atoms with E-state index in [1.807, 2.05) is 0 Å². The number of carbonyl (C=O) groups excluding carboxylic acids is 2. The van der Waals surface area contributed by atoms with Crippen molar-refractivity contribution in [2.45, 2.75) is 119 Å². The maximum absolute atomic E-state index is 13.9. The van der Waals surface area contributed by atoms with Crippen molar-refractivity contribution in [1.82, 2.24) is 0 Å². The first-order valence-corrected chi connectivity index (χ1v) is 14.2. The minimum Gasteiger partial charge on any atom is -0.463 e. The van der Waals surface area contributed by atoms with Crippen molar-refractivity contribution in [2.75, 3.05) is 0 Å². The molecule has 3 nitrogen and oxygen atoms in total. The molecule has 6 unspecified atom stereocenters. The van der Waals surface area contributed by atoms with Gasteiger partial charge in [-0.2, -0.15) is 0 Å². The first kappa shape index (κ1) is 25.2. The van der Waals surface area contributed by atoms with E-state index in [4.69, 9.17) is 4.74 Å². The number of carbonyl (C=O) groups is 2. The molecule has 0 aromatic rings. The molecule has 0 spiro atoms. The molecule has 4 saturated carbocycles. The summed E-state index contributed by atoms with van der Waals surface area (Å²) in [5, 5.41) is 0. The number of hydrogen-bond donors (Lipinski definition) is 0. The monoisotopic (exact) mass is 458 g/mol. The van der Waals surface area contributed by atoms with Gasteiger partial charge in [0.1, 0.15) is 11.9 Å². The molecule has 0 bridgehead atoms. The third-order valence-electron chi connectivity index (χ3n) is 11.6. The average Bonchev–Trinajstić information content (AvgIpc) is 3.07. The first-order chi connectivity index (χ1) is 15.5. The Morgan fingerprint density at radius 2 is 1.73 bits per heavy atom. The normalized spacial score (nSPS) is 44.5. The van der Waals surface area contributed by atoms with Crippen LogP contribution in [0.2, 0.25) is 0 Å². The fourth-order valence-electron chi connectivity index (χ4n) is 9.41. The summed E-state index contributed by atoms with van der Waals surface area (Å²) in [6.07, 6.45) is 11.5. The number of fused-ring (bicyclic) bond motifs is 5. The number of rotatable bonds is 6. The highest BCUT2D eigenvalue weighted by molar-refractivity contribution is 5.84. The maximum atomic E-state index is 13.9. The molecular weight excluding hydrogens is 408 g/mol. The molecule has 0 saturated heterocycles. The highest BCUT2D eigenvalue weighted by atomic mass is 16.5.